The van der Waals surface area contributed by atoms with Crippen molar-refractivity contribution in [3.8, 4) is 11.3 Å². The molecule has 15 heavy (non-hydrogen) atoms. The van der Waals surface area contributed by atoms with Crippen molar-refractivity contribution in [1.82, 2.24) is 15.2 Å². The molecule has 0 spiro atoms. The average molecular weight is 201 g/mol. The summed E-state index contributed by atoms with van der Waals surface area (Å²) in [5.41, 5.74) is 3.17. The summed E-state index contributed by atoms with van der Waals surface area (Å²) < 4.78 is 0. The van der Waals surface area contributed by atoms with Crippen LogP contribution in [-0.4, -0.2) is 15.2 Å². The van der Waals surface area contributed by atoms with Crippen LogP contribution >= 0.6 is 0 Å². The van der Waals surface area contributed by atoms with Gasteiger partial charge in [-0.05, 0) is 6.92 Å². The van der Waals surface area contributed by atoms with Crippen LogP contribution in [0.25, 0.3) is 11.3 Å². The number of nitrogens with zero attached hydrogens (tertiary/aromatic N) is 3. The Morgan fingerprint density at radius 2 is 1.60 bits per heavy atom. The van der Waals surface area contributed by atoms with Gasteiger partial charge >= 0.3 is 0 Å². The van der Waals surface area contributed by atoms with E-state index in [1.54, 1.807) is 6.20 Å². The van der Waals surface area contributed by atoms with E-state index >= 15 is 0 Å². The molecule has 0 atom stereocenters. The normalized spacial score (nSPS) is 9.00. The van der Waals surface area contributed by atoms with E-state index in [2.05, 4.69) is 34.2 Å². The molecule has 0 bridgehead atoms. The molecule has 1 aromatic carbocycles. The van der Waals surface area contributed by atoms with Crippen LogP contribution in [0.1, 0.15) is 19.4 Å². The Morgan fingerprint density at radius 3 is 2.13 bits per heavy atom. The molecule has 0 saturated carbocycles. The van der Waals surface area contributed by atoms with Crippen LogP contribution in [0, 0.1) is 6.92 Å². The summed E-state index contributed by atoms with van der Waals surface area (Å²) in [5, 5.41) is 7.40. The maximum absolute atomic E-state index is 4.11. The maximum Gasteiger partial charge on any atom is 0.138 e. The number of hydrogen-bond acceptors (Lipinski definition) is 3. The Hall–Kier alpha value is -1.77. The SMILES string of the molecule is CC.Cc1ccc(-c2cnncn2)cc1. The van der Waals surface area contributed by atoms with E-state index in [0.29, 0.717) is 0 Å². The highest BCUT2D eigenvalue weighted by atomic mass is 15.1. The van der Waals surface area contributed by atoms with Gasteiger partial charge in [-0.25, -0.2) is 4.98 Å². The molecule has 0 aliphatic carbocycles. The lowest BCUT2D eigenvalue weighted by Crippen LogP contribution is -1.87. The zero-order valence-corrected chi connectivity index (χ0v) is 9.31. The molecule has 2 aromatic rings. The lowest BCUT2D eigenvalue weighted by Gasteiger charge is -1.98. The van der Waals surface area contributed by atoms with Gasteiger partial charge in [0.05, 0.1) is 11.9 Å². The van der Waals surface area contributed by atoms with Gasteiger partial charge in [-0.3, -0.25) is 0 Å². The third-order valence-corrected chi connectivity index (χ3v) is 1.84. The molecule has 0 unspecified atom stereocenters. The van der Waals surface area contributed by atoms with Gasteiger partial charge in [-0.15, -0.1) is 5.10 Å². The summed E-state index contributed by atoms with van der Waals surface area (Å²) in [4.78, 5) is 4.11. The maximum atomic E-state index is 4.11. The fraction of sp³-hybridized carbons (Fsp3) is 0.250. The molecule has 0 aliphatic rings. The van der Waals surface area contributed by atoms with Crippen LogP contribution in [0.4, 0.5) is 0 Å². The standard InChI is InChI=1S/C10H9N3.C2H6/c1-8-2-4-9(5-3-8)10-6-12-13-7-11-10;1-2/h2-7H,1H3;1-2H3. The number of aryl methyl sites for hydroxylation is 1. The summed E-state index contributed by atoms with van der Waals surface area (Å²) in [6.45, 7) is 6.06. The average Bonchev–Trinajstić information content (AvgIpc) is 2.34. The van der Waals surface area contributed by atoms with Gasteiger partial charge in [0.15, 0.2) is 0 Å². The van der Waals surface area contributed by atoms with E-state index in [9.17, 15) is 0 Å². The largest absolute Gasteiger partial charge is 0.233 e. The Balaban J connectivity index is 0.000000531. The topological polar surface area (TPSA) is 38.7 Å². The molecule has 3 nitrogen and oxygen atoms in total. The molecule has 1 heterocycles. The van der Waals surface area contributed by atoms with Crippen molar-refractivity contribution < 1.29 is 0 Å². The molecule has 0 radical (unpaired) electrons. The van der Waals surface area contributed by atoms with Crippen LogP contribution in [-0.2, 0) is 0 Å². The van der Waals surface area contributed by atoms with Crippen molar-refractivity contribution in [1.29, 1.82) is 0 Å². The lowest BCUT2D eigenvalue weighted by atomic mass is 10.1. The predicted molar refractivity (Wildman–Crippen MR) is 61.3 cm³/mol. The van der Waals surface area contributed by atoms with Gasteiger partial charge in [0.25, 0.3) is 0 Å². The number of rotatable bonds is 1. The monoisotopic (exact) mass is 201 g/mol. The van der Waals surface area contributed by atoms with E-state index < -0.39 is 0 Å². The molecular formula is C12H15N3. The van der Waals surface area contributed by atoms with E-state index in [0.717, 1.165) is 11.3 Å². The second-order valence-corrected chi connectivity index (χ2v) is 2.86. The summed E-state index contributed by atoms with van der Waals surface area (Å²) in [6, 6.07) is 8.16. The minimum Gasteiger partial charge on any atom is -0.233 e. The Bertz CT molecular complexity index is 381. The summed E-state index contributed by atoms with van der Waals surface area (Å²) in [7, 11) is 0. The molecular weight excluding hydrogens is 186 g/mol. The Morgan fingerprint density at radius 1 is 0.933 bits per heavy atom. The first kappa shape index (κ1) is 11.3. The molecule has 3 heteroatoms. The van der Waals surface area contributed by atoms with Crippen LogP contribution in [0.5, 0.6) is 0 Å². The predicted octanol–water partition coefficient (Wildman–Crippen LogP) is 2.87. The first-order valence-corrected chi connectivity index (χ1v) is 5.06. The number of benzene rings is 1. The van der Waals surface area contributed by atoms with Crippen molar-refractivity contribution in [2.75, 3.05) is 0 Å². The zero-order valence-electron chi connectivity index (χ0n) is 9.31. The first-order chi connectivity index (χ1) is 7.36. The lowest BCUT2D eigenvalue weighted by molar-refractivity contribution is 0.973. The molecule has 2 rings (SSSR count). The molecule has 78 valence electrons. The number of aromatic nitrogens is 3. The highest BCUT2D eigenvalue weighted by Crippen LogP contribution is 2.14. The zero-order chi connectivity index (χ0) is 11.1. The van der Waals surface area contributed by atoms with E-state index in [1.807, 2.05) is 26.0 Å². The summed E-state index contributed by atoms with van der Waals surface area (Å²) >= 11 is 0. The van der Waals surface area contributed by atoms with Crippen molar-refractivity contribution >= 4 is 0 Å². The highest BCUT2D eigenvalue weighted by Gasteiger charge is 1.96. The second-order valence-electron chi connectivity index (χ2n) is 2.86. The molecule has 0 fully saturated rings. The summed E-state index contributed by atoms with van der Waals surface area (Å²) in [6.07, 6.45) is 3.11. The van der Waals surface area contributed by atoms with Crippen molar-refractivity contribution in [2.24, 2.45) is 0 Å². The smallest absolute Gasteiger partial charge is 0.138 e. The third kappa shape index (κ3) is 3.13. The first-order valence-electron chi connectivity index (χ1n) is 5.06. The Kier molecular flexibility index (Phi) is 4.41. The third-order valence-electron chi connectivity index (χ3n) is 1.84. The summed E-state index contributed by atoms with van der Waals surface area (Å²) in [5.74, 6) is 0. The van der Waals surface area contributed by atoms with Gasteiger partial charge in [-0.2, -0.15) is 5.10 Å². The molecule has 1 aromatic heterocycles. The van der Waals surface area contributed by atoms with Gasteiger partial charge in [-0.1, -0.05) is 43.7 Å². The molecule has 0 amide bonds. The molecule has 0 saturated heterocycles. The van der Waals surface area contributed by atoms with Crippen molar-refractivity contribution in [2.45, 2.75) is 20.8 Å². The van der Waals surface area contributed by atoms with Crippen molar-refractivity contribution in [3.05, 3.63) is 42.4 Å². The van der Waals surface area contributed by atoms with Gasteiger partial charge in [0.1, 0.15) is 6.33 Å². The fourth-order valence-corrected chi connectivity index (χ4v) is 1.11. The molecule has 0 aliphatic heterocycles. The van der Waals surface area contributed by atoms with Gasteiger partial charge in [0, 0.05) is 5.56 Å². The minimum atomic E-state index is 0.856. The van der Waals surface area contributed by atoms with E-state index in [-0.39, 0.29) is 0 Å². The van der Waals surface area contributed by atoms with Crippen LogP contribution < -0.4 is 0 Å². The van der Waals surface area contributed by atoms with Crippen molar-refractivity contribution in [3.63, 3.8) is 0 Å². The van der Waals surface area contributed by atoms with Gasteiger partial charge < -0.3 is 0 Å². The quantitative estimate of drug-likeness (QED) is 0.712. The van der Waals surface area contributed by atoms with Crippen LogP contribution in [0.3, 0.4) is 0 Å². The van der Waals surface area contributed by atoms with E-state index in [4.69, 9.17) is 0 Å². The Labute approximate surface area is 90.2 Å². The minimum absolute atomic E-state index is 0.856. The van der Waals surface area contributed by atoms with E-state index in [1.165, 1.54) is 11.9 Å². The molecule has 0 N–H and O–H groups in total. The highest BCUT2D eigenvalue weighted by molar-refractivity contribution is 5.57. The van der Waals surface area contributed by atoms with Crippen LogP contribution in [0.2, 0.25) is 0 Å². The van der Waals surface area contributed by atoms with Crippen LogP contribution in [0.15, 0.2) is 36.8 Å². The van der Waals surface area contributed by atoms with Gasteiger partial charge in [0.2, 0.25) is 0 Å². The number of hydrogen-bond donors (Lipinski definition) is 0. The fourth-order valence-electron chi connectivity index (χ4n) is 1.11. The second kappa shape index (κ2) is 5.86.